The zero-order valence-electron chi connectivity index (χ0n) is 11.6. The summed E-state index contributed by atoms with van der Waals surface area (Å²) in [5.74, 6) is -0.732. The molecule has 1 N–H and O–H groups in total. The van der Waals surface area contributed by atoms with Crippen molar-refractivity contribution in [3.05, 3.63) is 48.3 Å². The Morgan fingerprint density at radius 3 is 2.62 bits per heavy atom. The number of benzene rings is 1. The Hall–Kier alpha value is -2.49. The van der Waals surface area contributed by atoms with Crippen LogP contribution < -0.4 is 0 Å². The van der Waals surface area contributed by atoms with Crippen LogP contribution in [0.1, 0.15) is 24.8 Å². The molecule has 0 aliphatic carbocycles. The van der Waals surface area contributed by atoms with Gasteiger partial charge in [-0.2, -0.15) is 0 Å². The van der Waals surface area contributed by atoms with Crippen LogP contribution in [0.15, 0.2) is 42.7 Å². The summed E-state index contributed by atoms with van der Waals surface area (Å²) >= 11 is 0. The number of fused-ring (bicyclic) bond motifs is 3. The topological polar surface area (TPSA) is 63.1 Å². The average molecular weight is 280 g/mol. The molecule has 3 rings (SSSR count). The molecule has 0 aliphatic heterocycles. The molecule has 106 valence electrons. The van der Waals surface area contributed by atoms with E-state index in [1.165, 1.54) is 5.56 Å². The molecule has 0 radical (unpaired) electrons. The van der Waals surface area contributed by atoms with E-state index < -0.39 is 5.97 Å². The lowest BCUT2D eigenvalue weighted by atomic mass is 9.99. The largest absolute Gasteiger partial charge is 0.481 e. The van der Waals surface area contributed by atoms with Crippen LogP contribution in [-0.2, 0) is 11.2 Å². The van der Waals surface area contributed by atoms with E-state index in [0.29, 0.717) is 6.42 Å². The number of aryl methyl sites for hydroxylation is 1. The van der Waals surface area contributed by atoms with Crippen LogP contribution in [0, 0.1) is 0 Å². The molecule has 1 aromatic carbocycles. The highest BCUT2D eigenvalue weighted by atomic mass is 16.4. The predicted octanol–water partition coefficient (Wildman–Crippen LogP) is 3.58. The van der Waals surface area contributed by atoms with Crippen molar-refractivity contribution in [1.82, 2.24) is 9.97 Å². The maximum atomic E-state index is 10.6. The van der Waals surface area contributed by atoms with Gasteiger partial charge in [-0.25, -0.2) is 0 Å². The molecule has 3 aromatic rings. The maximum absolute atomic E-state index is 10.6. The number of aliphatic carboxylic acids is 1. The van der Waals surface area contributed by atoms with Crippen molar-refractivity contribution in [2.45, 2.75) is 25.7 Å². The van der Waals surface area contributed by atoms with Gasteiger partial charge in [-0.05, 0) is 43.0 Å². The average Bonchev–Trinajstić information content (AvgIpc) is 2.51. The van der Waals surface area contributed by atoms with Crippen molar-refractivity contribution in [3.63, 3.8) is 0 Å². The first-order chi connectivity index (χ1) is 10.3. The molecule has 0 fully saturated rings. The number of rotatable bonds is 5. The Kier molecular flexibility index (Phi) is 3.77. The fraction of sp³-hybridized carbons (Fsp3) is 0.235. The number of hydrogen-bond donors (Lipinski definition) is 1. The van der Waals surface area contributed by atoms with E-state index in [1.807, 2.05) is 18.2 Å². The van der Waals surface area contributed by atoms with Gasteiger partial charge in [0.25, 0.3) is 0 Å². The number of carbonyl (C=O) groups is 1. The third-order valence-corrected chi connectivity index (χ3v) is 3.63. The highest BCUT2D eigenvalue weighted by Gasteiger charge is 2.08. The van der Waals surface area contributed by atoms with E-state index >= 15 is 0 Å². The fourth-order valence-electron chi connectivity index (χ4n) is 2.65. The molecule has 0 saturated carbocycles. The van der Waals surface area contributed by atoms with Crippen LogP contribution >= 0.6 is 0 Å². The maximum Gasteiger partial charge on any atom is 0.303 e. The van der Waals surface area contributed by atoms with Crippen LogP contribution in [0.5, 0.6) is 0 Å². The first-order valence-corrected chi connectivity index (χ1v) is 7.09. The third kappa shape index (κ3) is 2.84. The van der Waals surface area contributed by atoms with Crippen molar-refractivity contribution in [1.29, 1.82) is 0 Å². The number of aromatic nitrogens is 2. The van der Waals surface area contributed by atoms with Crippen LogP contribution in [-0.4, -0.2) is 21.0 Å². The van der Waals surface area contributed by atoms with E-state index in [0.717, 1.165) is 34.6 Å². The second-order valence-corrected chi connectivity index (χ2v) is 5.11. The Labute approximate surface area is 122 Å². The standard InChI is InChI=1S/C17H16N2O2/c20-15(21)8-2-1-5-12-11-13-6-3-9-18-16(13)17-14(12)7-4-10-19-17/h3-4,6-7,9-11H,1-2,5,8H2,(H,20,21). The van der Waals surface area contributed by atoms with Gasteiger partial charge in [0, 0.05) is 29.6 Å². The first kappa shape index (κ1) is 13.5. The Bertz CT molecular complexity index is 799. The summed E-state index contributed by atoms with van der Waals surface area (Å²) in [5, 5.41) is 10.9. The molecule has 21 heavy (non-hydrogen) atoms. The summed E-state index contributed by atoms with van der Waals surface area (Å²) in [5.41, 5.74) is 3.05. The number of carboxylic acid groups (broad SMARTS) is 1. The van der Waals surface area contributed by atoms with Gasteiger partial charge in [-0.15, -0.1) is 0 Å². The van der Waals surface area contributed by atoms with Gasteiger partial charge >= 0.3 is 5.97 Å². The first-order valence-electron chi connectivity index (χ1n) is 7.09. The molecule has 0 spiro atoms. The van der Waals surface area contributed by atoms with E-state index in [4.69, 9.17) is 5.11 Å². The SMILES string of the molecule is O=C(O)CCCCc1cc2cccnc2c2ncccc12. The number of hydrogen-bond acceptors (Lipinski definition) is 3. The number of carboxylic acids is 1. The van der Waals surface area contributed by atoms with E-state index in [1.54, 1.807) is 12.4 Å². The van der Waals surface area contributed by atoms with Crippen molar-refractivity contribution < 1.29 is 9.90 Å². The summed E-state index contributed by atoms with van der Waals surface area (Å²) < 4.78 is 0. The van der Waals surface area contributed by atoms with Gasteiger partial charge in [-0.3, -0.25) is 14.8 Å². The lowest BCUT2D eigenvalue weighted by Crippen LogP contribution is -1.96. The molecule has 0 bridgehead atoms. The van der Waals surface area contributed by atoms with Crippen molar-refractivity contribution in [3.8, 4) is 0 Å². The summed E-state index contributed by atoms with van der Waals surface area (Å²) in [6.45, 7) is 0. The number of pyridine rings is 2. The van der Waals surface area contributed by atoms with Crippen molar-refractivity contribution in [2.24, 2.45) is 0 Å². The summed E-state index contributed by atoms with van der Waals surface area (Å²) in [6.07, 6.45) is 6.21. The van der Waals surface area contributed by atoms with Crippen molar-refractivity contribution in [2.75, 3.05) is 0 Å². The van der Waals surface area contributed by atoms with Crippen LogP contribution in [0.2, 0.25) is 0 Å². The Balaban J connectivity index is 1.98. The molecule has 0 unspecified atom stereocenters. The van der Waals surface area contributed by atoms with Crippen molar-refractivity contribution >= 4 is 27.8 Å². The molecule has 0 atom stereocenters. The lowest BCUT2D eigenvalue weighted by molar-refractivity contribution is -0.137. The summed E-state index contributed by atoms with van der Waals surface area (Å²) in [6, 6.07) is 10.1. The molecule has 4 heteroatoms. The highest BCUT2D eigenvalue weighted by molar-refractivity contribution is 6.04. The van der Waals surface area contributed by atoms with Gasteiger partial charge in [0.2, 0.25) is 0 Å². The third-order valence-electron chi connectivity index (χ3n) is 3.63. The number of unbranched alkanes of at least 4 members (excludes halogenated alkanes) is 1. The monoisotopic (exact) mass is 280 g/mol. The van der Waals surface area contributed by atoms with Gasteiger partial charge in [0.1, 0.15) is 0 Å². The highest BCUT2D eigenvalue weighted by Crippen LogP contribution is 2.26. The van der Waals surface area contributed by atoms with Gasteiger partial charge in [-0.1, -0.05) is 12.1 Å². The summed E-state index contributed by atoms with van der Waals surface area (Å²) in [7, 11) is 0. The minimum atomic E-state index is -0.732. The van der Waals surface area contributed by atoms with Gasteiger partial charge < -0.3 is 5.11 Å². The molecular weight excluding hydrogens is 264 g/mol. The van der Waals surface area contributed by atoms with Crippen LogP contribution in [0.4, 0.5) is 0 Å². The molecule has 0 saturated heterocycles. The Morgan fingerprint density at radius 1 is 1.05 bits per heavy atom. The lowest BCUT2D eigenvalue weighted by Gasteiger charge is -2.09. The van der Waals surface area contributed by atoms with Crippen LogP contribution in [0.25, 0.3) is 21.8 Å². The fourth-order valence-corrected chi connectivity index (χ4v) is 2.65. The molecule has 2 aromatic heterocycles. The summed E-state index contributed by atoms with van der Waals surface area (Å²) in [4.78, 5) is 19.5. The van der Waals surface area contributed by atoms with E-state index in [2.05, 4.69) is 22.1 Å². The Morgan fingerprint density at radius 2 is 1.81 bits per heavy atom. The van der Waals surface area contributed by atoms with Gasteiger partial charge in [0.15, 0.2) is 0 Å². The zero-order chi connectivity index (χ0) is 14.7. The van der Waals surface area contributed by atoms with Gasteiger partial charge in [0.05, 0.1) is 11.0 Å². The van der Waals surface area contributed by atoms with Crippen LogP contribution in [0.3, 0.4) is 0 Å². The van der Waals surface area contributed by atoms with E-state index in [-0.39, 0.29) is 6.42 Å². The predicted molar refractivity (Wildman–Crippen MR) is 82.2 cm³/mol. The smallest absolute Gasteiger partial charge is 0.303 e. The molecular formula is C17H16N2O2. The second-order valence-electron chi connectivity index (χ2n) is 5.11. The normalized spacial score (nSPS) is 11.0. The minimum absolute atomic E-state index is 0.227. The zero-order valence-corrected chi connectivity index (χ0v) is 11.6. The molecule has 4 nitrogen and oxygen atoms in total. The number of nitrogens with zero attached hydrogens (tertiary/aromatic N) is 2. The second kappa shape index (κ2) is 5.87. The minimum Gasteiger partial charge on any atom is -0.481 e. The molecule has 2 heterocycles. The quantitative estimate of drug-likeness (QED) is 0.573. The molecule has 0 amide bonds. The van der Waals surface area contributed by atoms with E-state index in [9.17, 15) is 4.79 Å². The molecule has 0 aliphatic rings.